The standard InChI is InChI=1S/C16H14F2N4O3/c1-24-12-8-10(5-6-11(12)25-16(17)18)15(23)19-9-14-21-20-13-4-2-3-7-22(13)14/h2-8,16H,9H2,1H3,(H,19,23). The number of pyridine rings is 1. The van der Waals surface area contributed by atoms with Crippen LogP contribution in [-0.2, 0) is 6.54 Å². The van der Waals surface area contributed by atoms with Crippen LogP contribution in [0.2, 0.25) is 0 Å². The zero-order valence-electron chi connectivity index (χ0n) is 13.1. The largest absolute Gasteiger partial charge is 0.493 e. The van der Waals surface area contributed by atoms with Gasteiger partial charge in [-0.05, 0) is 30.3 Å². The molecule has 3 rings (SSSR count). The van der Waals surface area contributed by atoms with Crippen LogP contribution in [-0.4, -0.2) is 34.2 Å². The summed E-state index contributed by atoms with van der Waals surface area (Å²) in [6.45, 7) is -2.82. The molecule has 0 saturated carbocycles. The van der Waals surface area contributed by atoms with E-state index in [0.717, 1.165) is 0 Å². The van der Waals surface area contributed by atoms with Gasteiger partial charge in [-0.25, -0.2) is 0 Å². The molecule has 0 aliphatic heterocycles. The van der Waals surface area contributed by atoms with Crippen molar-refractivity contribution in [3.05, 3.63) is 54.0 Å². The molecule has 1 aromatic carbocycles. The lowest BCUT2D eigenvalue weighted by atomic mass is 10.2. The molecule has 0 unspecified atom stereocenters. The average Bonchev–Trinajstić information content (AvgIpc) is 3.02. The molecule has 1 N–H and O–H groups in total. The SMILES string of the molecule is COc1cc(C(=O)NCc2nnc3ccccn23)ccc1OC(F)F. The Hall–Kier alpha value is -3.23. The molecule has 0 radical (unpaired) electrons. The lowest BCUT2D eigenvalue weighted by molar-refractivity contribution is -0.0512. The highest BCUT2D eigenvalue weighted by molar-refractivity contribution is 5.94. The molecule has 0 spiro atoms. The number of hydrogen-bond acceptors (Lipinski definition) is 5. The number of carbonyl (C=O) groups is 1. The fourth-order valence-electron chi connectivity index (χ4n) is 2.28. The van der Waals surface area contributed by atoms with E-state index in [1.54, 1.807) is 16.7 Å². The van der Waals surface area contributed by atoms with Crippen LogP contribution in [0.25, 0.3) is 5.65 Å². The zero-order valence-corrected chi connectivity index (χ0v) is 13.1. The second-order valence-electron chi connectivity index (χ2n) is 4.97. The Morgan fingerprint density at radius 2 is 2.08 bits per heavy atom. The molecule has 1 amide bonds. The number of aromatic nitrogens is 3. The van der Waals surface area contributed by atoms with Gasteiger partial charge in [-0.2, -0.15) is 8.78 Å². The molecule has 0 aliphatic rings. The van der Waals surface area contributed by atoms with Crippen molar-refractivity contribution in [3.8, 4) is 11.5 Å². The molecule has 0 bridgehead atoms. The first kappa shape index (κ1) is 16.6. The van der Waals surface area contributed by atoms with Gasteiger partial charge < -0.3 is 14.8 Å². The van der Waals surface area contributed by atoms with Crippen LogP contribution in [0.4, 0.5) is 8.78 Å². The quantitative estimate of drug-likeness (QED) is 0.739. The highest BCUT2D eigenvalue weighted by Gasteiger charge is 2.15. The lowest BCUT2D eigenvalue weighted by Crippen LogP contribution is -2.24. The Morgan fingerprint density at radius 3 is 2.84 bits per heavy atom. The van der Waals surface area contributed by atoms with Gasteiger partial charge in [0, 0.05) is 11.8 Å². The first-order valence-corrected chi connectivity index (χ1v) is 7.28. The minimum absolute atomic E-state index is 0.0425. The fraction of sp³-hybridized carbons (Fsp3) is 0.188. The van der Waals surface area contributed by atoms with E-state index < -0.39 is 12.5 Å². The molecule has 2 heterocycles. The molecule has 0 aliphatic carbocycles. The van der Waals surface area contributed by atoms with Crippen LogP contribution in [0.3, 0.4) is 0 Å². The number of fused-ring (bicyclic) bond motifs is 1. The van der Waals surface area contributed by atoms with E-state index in [4.69, 9.17) is 4.74 Å². The monoisotopic (exact) mass is 348 g/mol. The minimum atomic E-state index is -2.98. The van der Waals surface area contributed by atoms with Crippen LogP contribution in [0.15, 0.2) is 42.6 Å². The molecule has 9 heteroatoms. The molecule has 3 aromatic rings. The number of nitrogens with zero attached hydrogens (tertiary/aromatic N) is 3. The van der Waals surface area contributed by atoms with Crippen molar-refractivity contribution in [1.82, 2.24) is 19.9 Å². The summed E-state index contributed by atoms with van der Waals surface area (Å²) < 4.78 is 35.7. The zero-order chi connectivity index (χ0) is 17.8. The van der Waals surface area contributed by atoms with Crippen molar-refractivity contribution in [2.75, 3.05) is 7.11 Å². The summed E-state index contributed by atoms with van der Waals surface area (Å²) in [6.07, 6.45) is 1.79. The van der Waals surface area contributed by atoms with Crippen LogP contribution in [0.1, 0.15) is 16.2 Å². The van der Waals surface area contributed by atoms with E-state index in [9.17, 15) is 13.6 Å². The van der Waals surface area contributed by atoms with Crippen molar-refractivity contribution in [1.29, 1.82) is 0 Å². The van der Waals surface area contributed by atoms with Crippen LogP contribution >= 0.6 is 0 Å². The number of methoxy groups -OCH3 is 1. The van der Waals surface area contributed by atoms with Crippen molar-refractivity contribution in [2.45, 2.75) is 13.2 Å². The Balaban J connectivity index is 1.72. The van der Waals surface area contributed by atoms with Crippen LogP contribution < -0.4 is 14.8 Å². The Bertz CT molecular complexity index is 898. The second kappa shape index (κ2) is 7.12. The van der Waals surface area contributed by atoms with Crippen molar-refractivity contribution < 1.29 is 23.0 Å². The summed E-state index contributed by atoms with van der Waals surface area (Å²) in [5, 5.41) is 10.7. The summed E-state index contributed by atoms with van der Waals surface area (Å²) in [4.78, 5) is 12.3. The number of nitrogens with one attached hydrogen (secondary N) is 1. The first-order chi connectivity index (χ1) is 12.1. The van der Waals surface area contributed by atoms with Gasteiger partial charge in [0.2, 0.25) is 0 Å². The van der Waals surface area contributed by atoms with Gasteiger partial charge >= 0.3 is 6.61 Å². The highest BCUT2D eigenvalue weighted by Crippen LogP contribution is 2.29. The van der Waals surface area contributed by atoms with Crippen molar-refractivity contribution in [3.63, 3.8) is 0 Å². The third-order valence-electron chi connectivity index (χ3n) is 3.43. The molecule has 7 nitrogen and oxygen atoms in total. The van der Waals surface area contributed by atoms with E-state index in [2.05, 4.69) is 20.3 Å². The maximum atomic E-state index is 12.3. The van der Waals surface area contributed by atoms with Gasteiger partial charge in [-0.1, -0.05) is 6.07 Å². The average molecular weight is 348 g/mol. The Kier molecular flexibility index (Phi) is 4.73. The number of carbonyl (C=O) groups excluding carboxylic acids is 1. The number of hydrogen-bond donors (Lipinski definition) is 1. The topological polar surface area (TPSA) is 77.8 Å². The van der Waals surface area contributed by atoms with Gasteiger partial charge in [0.05, 0.1) is 13.7 Å². The summed E-state index contributed by atoms with van der Waals surface area (Å²) >= 11 is 0. The Labute approximate surface area is 141 Å². The molecular formula is C16H14F2N4O3. The predicted molar refractivity (Wildman–Crippen MR) is 83.8 cm³/mol. The number of rotatable bonds is 6. The van der Waals surface area contributed by atoms with Crippen LogP contribution in [0.5, 0.6) is 11.5 Å². The summed E-state index contributed by atoms with van der Waals surface area (Å²) in [6, 6.07) is 9.42. The number of amides is 1. The number of alkyl halides is 2. The van der Waals surface area contributed by atoms with E-state index in [1.165, 1.54) is 25.3 Å². The number of halogens is 2. The summed E-state index contributed by atoms with van der Waals surface area (Å²) in [5.41, 5.74) is 0.911. The fourth-order valence-corrected chi connectivity index (χ4v) is 2.28. The maximum absolute atomic E-state index is 12.3. The van der Waals surface area contributed by atoms with Crippen LogP contribution in [0, 0.1) is 0 Å². The third kappa shape index (κ3) is 3.65. The molecule has 2 aromatic heterocycles. The van der Waals surface area contributed by atoms with E-state index >= 15 is 0 Å². The van der Waals surface area contributed by atoms with Gasteiger partial charge in [0.15, 0.2) is 23.0 Å². The highest BCUT2D eigenvalue weighted by atomic mass is 19.3. The van der Waals surface area contributed by atoms with Crippen molar-refractivity contribution >= 4 is 11.6 Å². The molecule has 130 valence electrons. The van der Waals surface area contributed by atoms with E-state index in [0.29, 0.717) is 11.5 Å². The summed E-state index contributed by atoms with van der Waals surface area (Å²) in [5.74, 6) is 0.0570. The minimum Gasteiger partial charge on any atom is -0.493 e. The molecule has 0 saturated heterocycles. The second-order valence-corrected chi connectivity index (χ2v) is 4.97. The number of ether oxygens (including phenoxy) is 2. The third-order valence-corrected chi connectivity index (χ3v) is 3.43. The van der Waals surface area contributed by atoms with Gasteiger partial charge in [-0.15, -0.1) is 10.2 Å². The Morgan fingerprint density at radius 1 is 1.24 bits per heavy atom. The smallest absolute Gasteiger partial charge is 0.387 e. The van der Waals surface area contributed by atoms with Gasteiger partial charge in [-0.3, -0.25) is 9.20 Å². The maximum Gasteiger partial charge on any atom is 0.387 e. The van der Waals surface area contributed by atoms with Crippen molar-refractivity contribution in [2.24, 2.45) is 0 Å². The number of benzene rings is 1. The summed E-state index contributed by atoms with van der Waals surface area (Å²) in [7, 11) is 1.30. The van der Waals surface area contributed by atoms with Gasteiger partial charge in [0.25, 0.3) is 5.91 Å². The lowest BCUT2D eigenvalue weighted by Gasteiger charge is -2.11. The van der Waals surface area contributed by atoms with E-state index in [-0.39, 0.29) is 23.6 Å². The molecule has 0 atom stereocenters. The van der Waals surface area contributed by atoms with Gasteiger partial charge in [0.1, 0.15) is 0 Å². The van der Waals surface area contributed by atoms with E-state index in [1.807, 2.05) is 12.1 Å². The predicted octanol–water partition coefficient (Wildman–Crippen LogP) is 2.27. The normalized spacial score (nSPS) is 10.9. The molecule has 0 fully saturated rings. The molecular weight excluding hydrogens is 334 g/mol. The molecule has 25 heavy (non-hydrogen) atoms. The first-order valence-electron chi connectivity index (χ1n) is 7.28.